The van der Waals surface area contributed by atoms with Crippen LogP contribution in [0.3, 0.4) is 0 Å². The minimum atomic E-state index is 0.455. The molecule has 3 nitrogen and oxygen atoms in total. The van der Waals surface area contributed by atoms with Gasteiger partial charge in [0, 0.05) is 31.7 Å². The van der Waals surface area contributed by atoms with Crippen molar-refractivity contribution in [2.45, 2.75) is 32.7 Å². The van der Waals surface area contributed by atoms with Crippen LogP contribution in [0, 0.1) is 5.92 Å². The Kier molecular flexibility index (Phi) is 5.77. The van der Waals surface area contributed by atoms with E-state index in [9.17, 15) is 0 Å². The predicted octanol–water partition coefficient (Wildman–Crippen LogP) is 3.94. The fourth-order valence-electron chi connectivity index (χ4n) is 3.16. The van der Waals surface area contributed by atoms with Crippen molar-refractivity contribution in [1.29, 1.82) is 0 Å². The molecular weight excluding hydrogens is 282 g/mol. The number of hydrogen-bond acceptors (Lipinski definition) is 3. The maximum Gasteiger partial charge on any atom is 0.0597 e. The Bertz CT molecular complexity index is 461. The summed E-state index contributed by atoms with van der Waals surface area (Å²) in [5.74, 6) is 0.702. The molecule has 0 spiro atoms. The summed E-state index contributed by atoms with van der Waals surface area (Å²) in [5, 5.41) is 4.48. The molecule has 118 valence electrons. The summed E-state index contributed by atoms with van der Waals surface area (Å²) in [6.45, 7) is 8.15. The quantitative estimate of drug-likeness (QED) is 0.889. The number of nitrogens with zero attached hydrogens (tertiary/aromatic N) is 2. The fourth-order valence-corrected chi connectivity index (χ4v) is 3.34. The maximum absolute atomic E-state index is 6.17. The smallest absolute Gasteiger partial charge is 0.0597 e. The van der Waals surface area contributed by atoms with Crippen LogP contribution in [-0.4, -0.2) is 44.7 Å². The summed E-state index contributed by atoms with van der Waals surface area (Å²) in [5.41, 5.74) is 2.32. The largest absolute Gasteiger partial charge is 0.381 e. The fraction of sp³-hybridized carbons (Fsp3) is 0.647. The van der Waals surface area contributed by atoms with Crippen molar-refractivity contribution in [2.24, 2.45) is 5.92 Å². The van der Waals surface area contributed by atoms with Gasteiger partial charge < -0.3 is 15.1 Å². The van der Waals surface area contributed by atoms with Gasteiger partial charge in [0.15, 0.2) is 0 Å². The van der Waals surface area contributed by atoms with Crippen molar-refractivity contribution in [3.63, 3.8) is 0 Å². The molecule has 0 amide bonds. The molecule has 1 heterocycles. The molecule has 2 rings (SSSR count). The number of halogens is 1. The third kappa shape index (κ3) is 4.27. The molecule has 4 heteroatoms. The first-order valence-corrected chi connectivity index (χ1v) is 8.34. The average molecular weight is 310 g/mol. The molecule has 21 heavy (non-hydrogen) atoms. The van der Waals surface area contributed by atoms with Crippen molar-refractivity contribution in [3.05, 3.63) is 23.2 Å². The van der Waals surface area contributed by atoms with Crippen LogP contribution in [0.1, 0.15) is 26.7 Å². The van der Waals surface area contributed by atoms with Crippen LogP contribution in [0.5, 0.6) is 0 Å². The molecule has 2 atom stereocenters. The van der Waals surface area contributed by atoms with E-state index < -0.39 is 0 Å². The zero-order valence-electron chi connectivity index (χ0n) is 13.7. The highest BCUT2D eigenvalue weighted by Crippen LogP contribution is 2.30. The number of anilines is 2. The third-order valence-electron chi connectivity index (χ3n) is 4.52. The van der Waals surface area contributed by atoms with E-state index in [1.165, 1.54) is 31.6 Å². The van der Waals surface area contributed by atoms with E-state index in [-0.39, 0.29) is 0 Å². The van der Waals surface area contributed by atoms with E-state index in [0.29, 0.717) is 12.0 Å². The summed E-state index contributed by atoms with van der Waals surface area (Å²) in [6, 6.07) is 6.52. The lowest BCUT2D eigenvalue weighted by atomic mass is 9.91. The van der Waals surface area contributed by atoms with Crippen molar-refractivity contribution in [2.75, 3.05) is 43.9 Å². The second kappa shape index (κ2) is 7.37. The van der Waals surface area contributed by atoms with Gasteiger partial charge in [-0.05, 0) is 57.0 Å². The van der Waals surface area contributed by atoms with Crippen molar-refractivity contribution >= 4 is 23.0 Å². The summed E-state index contributed by atoms with van der Waals surface area (Å²) in [4.78, 5) is 4.68. The Morgan fingerprint density at radius 2 is 2.19 bits per heavy atom. The normalized spacial score (nSPS) is 21.1. The summed E-state index contributed by atoms with van der Waals surface area (Å²) in [7, 11) is 4.14. The Balaban J connectivity index is 2.08. The highest BCUT2D eigenvalue weighted by Gasteiger charge is 2.24. The van der Waals surface area contributed by atoms with Gasteiger partial charge in [-0.1, -0.05) is 18.5 Å². The van der Waals surface area contributed by atoms with Crippen molar-refractivity contribution < 1.29 is 0 Å². The van der Waals surface area contributed by atoms with E-state index in [2.05, 4.69) is 49.1 Å². The maximum atomic E-state index is 6.17. The lowest BCUT2D eigenvalue weighted by molar-refractivity contribution is 0.172. The molecular formula is C17H28ClN3. The lowest BCUT2D eigenvalue weighted by Crippen LogP contribution is -2.41. The van der Waals surface area contributed by atoms with E-state index >= 15 is 0 Å². The zero-order valence-corrected chi connectivity index (χ0v) is 14.5. The third-order valence-corrected chi connectivity index (χ3v) is 4.75. The molecule has 1 aromatic carbocycles. The van der Waals surface area contributed by atoms with Gasteiger partial charge in [0.25, 0.3) is 0 Å². The Morgan fingerprint density at radius 3 is 2.86 bits per heavy atom. The van der Waals surface area contributed by atoms with Crippen LogP contribution < -0.4 is 10.2 Å². The Hall–Kier alpha value is -0.930. The number of nitrogens with one attached hydrogen (secondary N) is 1. The standard InChI is InChI=1S/C17H28ClN3/c1-5-21-10-6-7-14(12-21)13(2)19-16-11-15(18)8-9-17(16)20(3)4/h8-9,11,13-14,19H,5-7,10,12H2,1-4H3. The van der Waals surface area contributed by atoms with Gasteiger partial charge in [-0.2, -0.15) is 0 Å². The zero-order chi connectivity index (χ0) is 15.4. The minimum Gasteiger partial charge on any atom is -0.381 e. The van der Waals surface area contributed by atoms with Crippen LogP contribution in [0.15, 0.2) is 18.2 Å². The van der Waals surface area contributed by atoms with Crippen LogP contribution in [0.2, 0.25) is 5.02 Å². The second-order valence-electron chi connectivity index (χ2n) is 6.28. The molecule has 1 aliphatic rings. The molecule has 2 unspecified atom stereocenters. The SMILES string of the molecule is CCN1CCCC(C(C)Nc2cc(Cl)ccc2N(C)C)C1. The van der Waals surface area contributed by atoms with Crippen molar-refractivity contribution in [3.8, 4) is 0 Å². The monoisotopic (exact) mass is 309 g/mol. The number of rotatable bonds is 5. The van der Waals surface area contributed by atoms with Gasteiger partial charge in [-0.3, -0.25) is 0 Å². The van der Waals surface area contributed by atoms with Gasteiger partial charge in [-0.15, -0.1) is 0 Å². The summed E-state index contributed by atoms with van der Waals surface area (Å²) in [6.07, 6.45) is 2.61. The number of piperidine rings is 1. The predicted molar refractivity (Wildman–Crippen MR) is 93.7 cm³/mol. The average Bonchev–Trinajstić information content (AvgIpc) is 2.47. The van der Waals surface area contributed by atoms with Gasteiger partial charge in [0.05, 0.1) is 11.4 Å². The Morgan fingerprint density at radius 1 is 1.43 bits per heavy atom. The highest BCUT2D eigenvalue weighted by molar-refractivity contribution is 6.31. The molecule has 1 saturated heterocycles. The van der Waals surface area contributed by atoms with Crippen LogP contribution in [-0.2, 0) is 0 Å². The highest BCUT2D eigenvalue weighted by atomic mass is 35.5. The minimum absolute atomic E-state index is 0.455. The van der Waals surface area contributed by atoms with Gasteiger partial charge >= 0.3 is 0 Å². The van der Waals surface area contributed by atoms with Gasteiger partial charge in [-0.25, -0.2) is 0 Å². The second-order valence-corrected chi connectivity index (χ2v) is 6.72. The first-order chi connectivity index (χ1) is 10.0. The van der Waals surface area contributed by atoms with Crippen molar-refractivity contribution in [1.82, 2.24) is 4.90 Å². The molecule has 1 aliphatic heterocycles. The topological polar surface area (TPSA) is 18.5 Å². The van der Waals surface area contributed by atoms with Crippen LogP contribution in [0.25, 0.3) is 0 Å². The Labute approximate surface area is 134 Å². The first-order valence-electron chi connectivity index (χ1n) is 7.97. The molecule has 0 aliphatic carbocycles. The van der Waals surface area contributed by atoms with Crippen LogP contribution >= 0.6 is 11.6 Å². The van der Waals surface area contributed by atoms with Crippen LogP contribution in [0.4, 0.5) is 11.4 Å². The van der Waals surface area contributed by atoms with E-state index in [1.807, 2.05) is 12.1 Å². The van der Waals surface area contributed by atoms with Gasteiger partial charge in [0.1, 0.15) is 0 Å². The molecule has 1 aromatic rings. The molecule has 0 saturated carbocycles. The number of hydrogen-bond donors (Lipinski definition) is 1. The number of benzene rings is 1. The summed E-state index contributed by atoms with van der Waals surface area (Å²) >= 11 is 6.17. The molecule has 1 fully saturated rings. The van der Waals surface area contributed by atoms with Gasteiger partial charge in [0.2, 0.25) is 0 Å². The molecule has 0 radical (unpaired) electrons. The molecule has 0 aromatic heterocycles. The molecule has 0 bridgehead atoms. The summed E-state index contributed by atoms with van der Waals surface area (Å²) < 4.78 is 0. The molecule has 1 N–H and O–H groups in total. The van der Waals surface area contributed by atoms with E-state index in [1.54, 1.807) is 0 Å². The lowest BCUT2D eigenvalue weighted by Gasteiger charge is -2.36. The first kappa shape index (κ1) is 16.4. The van der Waals surface area contributed by atoms with E-state index in [4.69, 9.17) is 11.6 Å². The van der Waals surface area contributed by atoms with E-state index in [0.717, 1.165) is 17.3 Å². The number of likely N-dealkylation sites (tertiary alicyclic amines) is 1.